The minimum atomic E-state index is 0.864. The molecule has 0 saturated heterocycles. The Morgan fingerprint density at radius 1 is 1.11 bits per heavy atom. The van der Waals surface area contributed by atoms with Crippen molar-refractivity contribution in [2.75, 3.05) is 26.7 Å². The molecular weight excluding hydrogens is 232 g/mol. The molecule has 1 aliphatic rings. The quantitative estimate of drug-likeness (QED) is 0.648. The van der Waals surface area contributed by atoms with Crippen LogP contribution in [0.15, 0.2) is 0 Å². The summed E-state index contributed by atoms with van der Waals surface area (Å²) in [6.45, 7) is 5.76. The fraction of sp³-hybridized carbons (Fsp3) is 1.00. The van der Waals surface area contributed by atoms with Gasteiger partial charge in [0, 0.05) is 6.54 Å². The molecule has 2 nitrogen and oxygen atoms in total. The third-order valence-electron chi connectivity index (χ3n) is 4.72. The molecule has 19 heavy (non-hydrogen) atoms. The van der Waals surface area contributed by atoms with Crippen LogP contribution in [0.3, 0.4) is 0 Å². The van der Waals surface area contributed by atoms with Gasteiger partial charge in [-0.15, -0.1) is 0 Å². The summed E-state index contributed by atoms with van der Waals surface area (Å²) >= 11 is 0. The van der Waals surface area contributed by atoms with E-state index in [4.69, 9.17) is 5.73 Å². The van der Waals surface area contributed by atoms with E-state index < -0.39 is 0 Å². The van der Waals surface area contributed by atoms with Gasteiger partial charge >= 0.3 is 0 Å². The highest BCUT2D eigenvalue weighted by Crippen LogP contribution is 2.24. The van der Waals surface area contributed by atoms with Gasteiger partial charge in [0.15, 0.2) is 0 Å². The molecule has 1 saturated carbocycles. The van der Waals surface area contributed by atoms with E-state index >= 15 is 0 Å². The Balaban J connectivity index is 2.09. The molecule has 114 valence electrons. The molecule has 0 heterocycles. The Morgan fingerprint density at radius 2 is 1.84 bits per heavy atom. The first-order valence-electron chi connectivity index (χ1n) is 8.64. The largest absolute Gasteiger partial charge is 0.330 e. The Hall–Kier alpha value is -0.0800. The van der Waals surface area contributed by atoms with E-state index in [-0.39, 0.29) is 0 Å². The van der Waals surface area contributed by atoms with E-state index in [0.29, 0.717) is 0 Å². The SMILES string of the molecule is CCCC(CCN)CCCN(C)CC1CCCCC1. The van der Waals surface area contributed by atoms with Gasteiger partial charge in [0.1, 0.15) is 0 Å². The second-order valence-corrected chi connectivity index (χ2v) is 6.64. The van der Waals surface area contributed by atoms with Crippen molar-refractivity contribution in [1.29, 1.82) is 0 Å². The fourth-order valence-corrected chi connectivity index (χ4v) is 3.63. The van der Waals surface area contributed by atoms with Crippen LogP contribution in [0, 0.1) is 11.8 Å². The zero-order valence-corrected chi connectivity index (χ0v) is 13.4. The predicted octanol–water partition coefficient (Wildman–Crippen LogP) is 4.04. The maximum absolute atomic E-state index is 5.70. The monoisotopic (exact) mass is 268 g/mol. The van der Waals surface area contributed by atoms with E-state index in [1.165, 1.54) is 77.3 Å². The lowest BCUT2D eigenvalue weighted by Gasteiger charge is -2.27. The van der Waals surface area contributed by atoms with E-state index in [1.807, 2.05) is 0 Å². The van der Waals surface area contributed by atoms with Gasteiger partial charge in [-0.1, -0.05) is 39.0 Å². The van der Waals surface area contributed by atoms with Crippen LogP contribution in [0.5, 0.6) is 0 Å². The zero-order valence-electron chi connectivity index (χ0n) is 13.4. The average Bonchev–Trinajstić information content (AvgIpc) is 2.40. The summed E-state index contributed by atoms with van der Waals surface area (Å²) in [4.78, 5) is 2.57. The number of nitrogens with two attached hydrogens (primary N) is 1. The Morgan fingerprint density at radius 3 is 2.47 bits per heavy atom. The highest BCUT2D eigenvalue weighted by molar-refractivity contribution is 4.69. The minimum absolute atomic E-state index is 0.864. The molecule has 0 aromatic rings. The Kier molecular flexibility index (Phi) is 9.54. The number of rotatable bonds is 10. The topological polar surface area (TPSA) is 29.3 Å². The van der Waals surface area contributed by atoms with Gasteiger partial charge < -0.3 is 10.6 Å². The minimum Gasteiger partial charge on any atom is -0.330 e. The lowest BCUT2D eigenvalue weighted by atomic mass is 9.89. The normalized spacial score (nSPS) is 18.9. The van der Waals surface area contributed by atoms with Crippen LogP contribution in [0.4, 0.5) is 0 Å². The summed E-state index contributed by atoms with van der Waals surface area (Å²) in [5.41, 5.74) is 5.70. The van der Waals surface area contributed by atoms with Crippen molar-refractivity contribution < 1.29 is 0 Å². The predicted molar refractivity (Wildman–Crippen MR) is 85.4 cm³/mol. The molecule has 0 spiro atoms. The van der Waals surface area contributed by atoms with Gasteiger partial charge in [-0.25, -0.2) is 0 Å². The molecule has 1 atom stereocenters. The van der Waals surface area contributed by atoms with Crippen molar-refractivity contribution in [2.45, 2.75) is 71.1 Å². The smallest absolute Gasteiger partial charge is 0.000661 e. The molecule has 1 fully saturated rings. The molecule has 0 bridgehead atoms. The first kappa shape index (κ1) is 17.0. The van der Waals surface area contributed by atoms with Crippen LogP contribution in [0.2, 0.25) is 0 Å². The standard InChI is InChI=1S/C17H36N2/c1-3-8-16(12-13-18)11-7-14-19(2)15-17-9-5-4-6-10-17/h16-17H,3-15,18H2,1-2H3. The second-order valence-electron chi connectivity index (χ2n) is 6.64. The van der Waals surface area contributed by atoms with Crippen LogP contribution in [0.1, 0.15) is 71.1 Å². The summed E-state index contributed by atoms with van der Waals surface area (Å²) in [6.07, 6.45) is 14.0. The number of hydrogen-bond donors (Lipinski definition) is 1. The Bertz CT molecular complexity index is 193. The first-order valence-corrected chi connectivity index (χ1v) is 8.64. The lowest BCUT2D eigenvalue weighted by molar-refractivity contribution is 0.225. The third-order valence-corrected chi connectivity index (χ3v) is 4.72. The van der Waals surface area contributed by atoms with Gasteiger partial charge in [0.05, 0.1) is 0 Å². The van der Waals surface area contributed by atoms with Crippen molar-refractivity contribution in [2.24, 2.45) is 17.6 Å². The van der Waals surface area contributed by atoms with Crippen LogP contribution >= 0.6 is 0 Å². The molecule has 2 heteroatoms. The highest BCUT2D eigenvalue weighted by Gasteiger charge is 2.15. The summed E-state index contributed by atoms with van der Waals surface area (Å²) < 4.78 is 0. The van der Waals surface area contributed by atoms with Crippen molar-refractivity contribution >= 4 is 0 Å². The first-order chi connectivity index (χ1) is 9.26. The molecular formula is C17H36N2. The summed E-state index contributed by atoms with van der Waals surface area (Å²) in [5, 5.41) is 0. The molecule has 0 aromatic heterocycles. The third kappa shape index (κ3) is 7.94. The van der Waals surface area contributed by atoms with Gasteiger partial charge in [-0.05, 0) is 64.1 Å². The van der Waals surface area contributed by atoms with Crippen molar-refractivity contribution in [1.82, 2.24) is 4.90 Å². The van der Waals surface area contributed by atoms with E-state index in [1.54, 1.807) is 0 Å². The summed E-state index contributed by atoms with van der Waals surface area (Å²) in [7, 11) is 2.31. The maximum Gasteiger partial charge on any atom is 0.000661 e. The molecule has 0 amide bonds. The van der Waals surface area contributed by atoms with Crippen LogP contribution in [-0.4, -0.2) is 31.6 Å². The molecule has 1 unspecified atom stereocenters. The summed E-state index contributed by atoms with van der Waals surface area (Å²) in [6, 6.07) is 0. The van der Waals surface area contributed by atoms with Crippen LogP contribution in [-0.2, 0) is 0 Å². The molecule has 0 aromatic carbocycles. The Labute approximate surface area is 121 Å². The number of hydrogen-bond acceptors (Lipinski definition) is 2. The van der Waals surface area contributed by atoms with Crippen LogP contribution < -0.4 is 5.73 Å². The van der Waals surface area contributed by atoms with Gasteiger partial charge in [-0.2, -0.15) is 0 Å². The zero-order chi connectivity index (χ0) is 13.9. The van der Waals surface area contributed by atoms with E-state index in [0.717, 1.165) is 18.4 Å². The second kappa shape index (κ2) is 10.7. The summed E-state index contributed by atoms with van der Waals surface area (Å²) in [5.74, 6) is 1.85. The molecule has 0 radical (unpaired) electrons. The maximum atomic E-state index is 5.70. The fourth-order valence-electron chi connectivity index (χ4n) is 3.63. The molecule has 2 N–H and O–H groups in total. The van der Waals surface area contributed by atoms with Gasteiger partial charge in [-0.3, -0.25) is 0 Å². The van der Waals surface area contributed by atoms with Crippen molar-refractivity contribution in [3.63, 3.8) is 0 Å². The van der Waals surface area contributed by atoms with Crippen LogP contribution in [0.25, 0.3) is 0 Å². The van der Waals surface area contributed by atoms with Crippen molar-refractivity contribution in [3.05, 3.63) is 0 Å². The highest BCUT2D eigenvalue weighted by atomic mass is 15.1. The van der Waals surface area contributed by atoms with Gasteiger partial charge in [0.25, 0.3) is 0 Å². The molecule has 0 aliphatic heterocycles. The van der Waals surface area contributed by atoms with E-state index in [2.05, 4.69) is 18.9 Å². The van der Waals surface area contributed by atoms with Gasteiger partial charge in [0.2, 0.25) is 0 Å². The lowest BCUT2D eigenvalue weighted by Crippen LogP contribution is -2.28. The number of nitrogens with zero attached hydrogens (tertiary/aromatic N) is 1. The molecule has 1 aliphatic carbocycles. The molecule has 1 rings (SSSR count). The van der Waals surface area contributed by atoms with Crippen molar-refractivity contribution in [3.8, 4) is 0 Å². The van der Waals surface area contributed by atoms with E-state index in [9.17, 15) is 0 Å². The average molecular weight is 268 g/mol.